The third-order valence-electron chi connectivity index (χ3n) is 5.39. The Labute approximate surface area is 190 Å². The molecule has 12 heteroatoms. The number of rotatable bonds is 7. The molecule has 0 aliphatic carbocycles. The number of anilines is 1. The van der Waals surface area contributed by atoms with Crippen molar-refractivity contribution in [3.63, 3.8) is 0 Å². The first-order valence-electron chi connectivity index (χ1n) is 9.22. The number of phenolic OH excluding ortho intramolecular Hbond substituents is 1. The van der Waals surface area contributed by atoms with Gasteiger partial charge < -0.3 is 16.2 Å². The minimum absolute atomic E-state index is 0.0257. The summed E-state index contributed by atoms with van der Waals surface area (Å²) in [5.74, 6) is -0.899. The van der Waals surface area contributed by atoms with Gasteiger partial charge in [-0.15, -0.1) is 0 Å². The molecular weight excluding hydrogens is 495 g/mol. The van der Waals surface area contributed by atoms with Gasteiger partial charge in [0.1, 0.15) is 23.0 Å². The number of benzene rings is 1. The summed E-state index contributed by atoms with van der Waals surface area (Å²) >= 11 is 9.43. The molecule has 1 aromatic heterocycles. The lowest BCUT2D eigenvalue weighted by Gasteiger charge is -2.43. The van der Waals surface area contributed by atoms with E-state index in [2.05, 4.69) is 26.3 Å². The molecule has 0 spiro atoms. The summed E-state index contributed by atoms with van der Waals surface area (Å²) in [6, 6.07) is 5.08. The number of nitrogens with two attached hydrogens (primary N) is 1. The summed E-state index contributed by atoms with van der Waals surface area (Å²) in [7, 11) is 0. The Balaban J connectivity index is 1.87. The van der Waals surface area contributed by atoms with Gasteiger partial charge in [0.25, 0.3) is 5.91 Å². The Morgan fingerprint density at radius 1 is 1.58 bits per heavy atom. The molecule has 2 aromatic rings. The predicted molar refractivity (Wildman–Crippen MR) is 114 cm³/mol. The number of nitriles is 1. The Kier molecular flexibility index (Phi) is 6.83. The zero-order valence-electron chi connectivity index (χ0n) is 16.2. The molecule has 1 saturated heterocycles. The van der Waals surface area contributed by atoms with E-state index in [1.165, 1.54) is 16.9 Å². The Hall–Kier alpha value is -2.68. The molecule has 1 aromatic carbocycles. The molecule has 2 atom stereocenters. The van der Waals surface area contributed by atoms with Crippen LogP contribution in [0.15, 0.2) is 22.8 Å². The predicted octanol–water partition coefficient (Wildman–Crippen LogP) is 2.52. The number of carbonyl (C=O) groups is 2. The van der Waals surface area contributed by atoms with E-state index in [0.29, 0.717) is 34.6 Å². The van der Waals surface area contributed by atoms with Crippen LogP contribution in [0.5, 0.6) is 5.75 Å². The normalized spacial score (nSPS) is 21.4. The number of hydrogen-bond donors (Lipinski definition) is 3. The first kappa shape index (κ1) is 23.0. The first-order valence-corrected chi connectivity index (χ1v) is 10.4. The molecule has 0 bridgehead atoms. The number of primary amides is 1. The van der Waals surface area contributed by atoms with Crippen LogP contribution in [0.4, 0.5) is 10.2 Å². The van der Waals surface area contributed by atoms with Gasteiger partial charge in [-0.3, -0.25) is 19.2 Å². The van der Waals surface area contributed by atoms with E-state index in [9.17, 15) is 20.0 Å². The van der Waals surface area contributed by atoms with Crippen molar-refractivity contribution in [2.75, 3.05) is 18.4 Å². The van der Waals surface area contributed by atoms with E-state index >= 15 is 4.39 Å². The van der Waals surface area contributed by atoms with Gasteiger partial charge in [0.15, 0.2) is 5.82 Å². The Morgan fingerprint density at radius 3 is 2.94 bits per heavy atom. The molecule has 164 valence electrons. The second kappa shape index (κ2) is 9.21. The van der Waals surface area contributed by atoms with E-state index in [-0.39, 0.29) is 36.5 Å². The van der Waals surface area contributed by atoms with Crippen LogP contribution in [0.25, 0.3) is 0 Å². The van der Waals surface area contributed by atoms with E-state index in [0.717, 1.165) is 0 Å². The summed E-state index contributed by atoms with van der Waals surface area (Å²) in [5.41, 5.74) is 4.56. The number of nitrogens with zero attached hydrogens (tertiary/aromatic N) is 4. The molecule has 0 radical (unpaired) electrons. The fourth-order valence-corrected chi connectivity index (χ4v) is 4.40. The smallest absolute Gasteiger partial charge is 0.254 e. The van der Waals surface area contributed by atoms with Gasteiger partial charge >= 0.3 is 0 Å². The monoisotopic (exact) mass is 512 g/mol. The summed E-state index contributed by atoms with van der Waals surface area (Å²) in [6.45, 7) is 0.667. The van der Waals surface area contributed by atoms with Gasteiger partial charge in [0.2, 0.25) is 6.41 Å². The van der Waals surface area contributed by atoms with Crippen LogP contribution in [0, 0.1) is 11.3 Å². The zero-order chi connectivity index (χ0) is 22.8. The van der Waals surface area contributed by atoms with Crippen LogP contribution in [0.2, 0.25) is 5.02 Å². The van der Waals surface area contributed by atoms with Crippen LogP contribution in [0.3, 0.4) is 0 Å². The van der Waals surface area contributed by atoms with Gasteiger partial charge in [-0.2, -0.15) is 10.4 Å². The summed E-state index contributed by atoms with van der Waals surface area (Å²) < 4.78 is 17.2. The van der Waals surface area contributed by atoms with Gasteiger partial charge in [-0.25, -0.2) is 4.39 Å². The molecule has 9 nitrogen and oxygen atoms in total. The number of aromatic hydroxyl groups is 1. The van der Waals surface area contributed by atoms with Crippen molar-refractivity contribution in [2.45, 2.75) is 31.1 Å². The van der Waals surface area contributed by atoms with Crippen molar-refractivity contribution in [1.29, 1.82) is 5.26 Å². The number of likely N-dealkylation sites (tertiary alicyclic amines) is 1. The van der Waals surface area contributed by atoms with Crippen LogP contribution < -0.4 is 11.1 Å². The molecule has 2 heterocycles. The van der Waals surface area contributed by atoms with Crippen molar-refractivity contribution in [3.8, 4) is 11.8 Å². The van der Waals surface area contributed by atoms with Gasteiger partial charge in [-0.05, 0) is 40.0 Å². The topological polar surface area (TPSA) is 137 Å². The number of phenols is 1. The average molecular weight is 514 g/mol. The zero-order valence-corrected chi connectivity index (χ0v) is 18.5. The molecule has 1 fully saturated rings. The fourth-order valence-electron chi connectivity index (χ4n) is 3.70. The molecule has 4 N–H and O–H groups in total. The maximum Gasteiger partial charge on any atom is 0.254 e. The van der Waals surface area contributed by atoms with E-state index in [1.54, 1.807) is 6.07 Å². The van der Waals surface area contributed by atoms with E-state index in [4.69, 9.17) is 17.3 Å². The van der Waals surface area contributed by atoms with Crippen molar-refractivity contribution < 1.29 is 19.1 Å². The highest BCUT2D eigenvalue weighted by molar-refractivity contribution is 9.10. The molecule has 3 rings (SSSR count). The van der Waals surface area contributed by atoms with Crippen LogP contribution in [0.1, 0.15) is 28.8 Å². The van der Waals surface area contributed by atoms with Gasteiger partial charge in [-0.1, -0.05) is 11.6 Å². The lowest BCUT2D eigenvalue weighted by Crippen LogP contribution is -2.54. The summed E-state index contributed by atoms with van der Waals surface area (Å²) in [5, 5.41) is 26.1. The number of aromatic nitrogens is 2. The number of alkyl halides is 1. The SMILES string of the molecule is N#CCC1(n2cc(C(N)=O)c(NC=O)n2)CCN(Cc2cc(O)c(Br)cc2Cl)CC1F. The molecular formula is C19H19BrClFN6O3. The van der Waals surface area contributed by atoms with Crippen LogP contribution in [-0.4, -0.2) is 51.4 Å². The average Bonchev–Trinajstić information content (AvgIpc) is 3.13. The maximum absolute atomic E-state index is 15.6. The van der Waals surface area contributed by atoms with Gasteiger partial charge in [0, 0.05) is 30.9 Å². The van der Waals surface area contributed by atoms with Crippen molar-refractivity contribution in [2.24, 2.45) is 5.73 Å². The third kappa shape index (κ3) is 4.51. The standard InChI is InChI=1S/C19H19BrClFN6O3/c20-13-6-14(21)11(5-15(13)30)7-27-4-2-19(1-3-23,16(22)9-27)28-8-12(17(24)31)18(26-28)25-10-29/h5-6,8,10,16,30H,1-2,4,7,9H2,(H2,24,31)(H,25,26,29). The van der Waals surface area contributed by atoms with E-state index < -0.39 is 17.6 Å². The van der Waals surface area contributed by atoms with Crippen molar-refractivity contribution >= 4 is 45.7 Å². The second-order valence-electron chi connectivity index (χ2n) is 7.25. The Morgan fingerprint density at radius 2 is 2.32 bits per heavy atom. The van der Waals surface area contributed by atoms with E-state index in [1.807, 2.05) is 11.0 Å². The van der Waals surface area contributed by atoms with Crippen molar-refractivity contribution in [1.82, 2.24) is 14.7 Å². The first-order chi connectivity index (χ1) is 14.7. The molecule has 1 aliphatic heterocycles. The van der Waals surface area contributed by atoms with Crippen molar-refractivity contribution in [3.05, 3.63) is 39.0 Å². The molecule has 1 aliphatic rings. The van der Waals surface area contributed by atoms with Crippen LogP contribution >= 0.6 is 27.5 Å². The fraction of sp³-hybridized carbons (Fsp3) is 0.368. The number of halogens is 3. The van der Waals surface area contributed by atoms with Gasteiger partial charge in [0.05, 0.1) is 17.0 Å². The highest BCUT2D eigenvalue weighted by atomic mass is 79.9. The lowest BCUT2D eigenvalue weighted by atomic mass is 9.83. The molecule has 2 amide bonds. The largest absolute Gasteiger partial charge is 0.507 e. The number of amides is 2. The quantitative estimate of drug-likeness (QED) is 0.487. The highest BCUT2D eigenvalue weighted by Crippen LogP contribution is 2.38. The number of carbonyl (C=O) groups excluding carboxylic acids is 2. The third-order valence-corrected chi connectivity index (χ3v) is 6.38. The number of piperidine rings is 1. The lowest BCUT2D eigenvalue weighted by molar-refractivity contribution is -0.105. The summed E-state index contributed by atoms with van der Waals surface area (Å²) in [4.78, 5) is 24.3. The molecule has 31 heavy (non-hydrogen) atoms. The minimum Gasteiger partial charge on any atom is -0.507 e. The number of nitrogens with one attached hydrogen (secondary N) is 1. The molecule has 0 saturated carbocycles. The number of hydrogen-bond acceptors (Lipinski definition) is 6. The highest BCUT2D eigenvalue weighted by Gasteiger charge is 2.46. The summed E-state index contributed by atoms with van der Waals surface area (Å²) in [6.07, 6.45) is 0.0960. The molecule has 2 unspecified atom stereocenters. The maximum atomic E-state index is 15.6. The minimum atomic E-state index is -1.52. The van der Waals surface area contributed by atoms with Crippen LogP contribution in [-0.2, 0) is 16.9 Å². The Bertz CT molecular complexity index is 1060. The second-order valence-corrected chi connectivity index (χ2v) is 8.51.